The molecule has 4 nitrogen and oxygen atoms in total. The molecule has 0 atom stereocenters. The number of hydrogen-bond donors (Lipinski definition) is 2. The number of fused-ring (bicyclic) bond motifs is 1. The highest BCUT2D eigenvalue weighted by Crippen LogP contribution is 2.41. The molecule has 0 spiro atoms. The number of rotatable bonds is 1. The van der Waals surface area contributed by atoms with Crippen LogP contribution >= 0.6 is 11.6 Å². The largest absolute Gasteiger partial charge is 0.586 e. The number of ether oxygens (including phenoxy) is 2. The lowest BCUT2D eigenvalue weighted by molar-refractivity contribution is -0.286. The lowest BCUT2D eigenvalue weighted by Crippen LogP contribution is -2.30. The molecule has 1 aromatic carbocycles. The van der Waals surface area contributed by atoms with Crippen LogP contribution in [-0.4, -0.2) is 23.5 Å². The Hall–Kier alpha value is -1.05. The summed E-state index contributed by atoms with van der Waals surface area (Å²) in [5, 5.41) is 17.6. The molecule has 0 saturated carbocycles. The van der Waals surface area contributed by atoms with Gasteiger partial charge in [-0.05, 0) is 6.07 Å². The van der Waals surface area contributed by atoms with Gasteiger partial charge >= 0.3 is 13.4 Å². The van der Waals surface area contributed by atoms with Crippen LogP contribution < -0.4 is 14.9 Å². The molecule has 1 aromatic rings. The van der Waals surface area contributed by atoms with Gasteiger partial charge in [0, 0.05) is 16.6 Å². The smallest absolute Gasteiger partial charge is 0.423 e. The third-order valence-corrected chi connectivity index (χ3v) is 2.13. The summed E-state index contributed by atoms with van der Waals surface area (Å²) in [5.74, 6) is -0.526. The molecule has 0 radical (unpaired) electrons. The lowest BCUT2D eigenvalue weighted by atomic mass is 9.80. The van der Waals surface area contributed by atoms with Crippen molar-refractivity contribution in [3.8, 4) is 11.5 Å². The molecule has 80 valence electrons. The van der Waals surface area contributed by atoms with Gasteiger partial charge in [0.2, 0.25) is 0 Å². The Morgan fingerprint density at radius 2 is 1.73 bits per heavy atom. The van der Waals surface area contributed by atoms with Crippen LogP contribution in [0.1, 0.15) is 0 Å². The third kappa shape index (κ3) is 1.85. The molecule has 2 N–H and O–H groups in total. The topological polar surface area (TPSA) is 58.9 Å². The van der Waals surface area contributed by atoms with Crippen LogP contribution in [0.5, 0.6) is 11.5 Å². The lowest BCUT2D eigenvalue weighted by Gasteiger charge is -2.04. The van der Waals surface area contributed by atoms with Crippen LogP contribution in [-0.2, 0) is 0 Å². The predicted molar refractivity (Wildman–Crippen MR) is 47.5 cm³/mol. The van der Waals surface area contributed by atoms with Gasteiger partial charge in [-0.25, -0.2) is 0 Å². The van der Waals surface area contributed by atoms with E-state index >= 15 is 0 Å². The van der Waals surface area contributed by atoms with E-state index in [2.05, 4.69) is 9.47 Å². The second-order valence-corrected chi connectivity index (χ2v) is 3.27. The van der Waals surface area contributed by atoms with Gasteiger partial charge in [0.15, 0.2) is 11.5 Å². The molecule has 0 fully saturated rings. The summed E-state index contributed by atoms with van der Waals surface area (Å²) in [4.78, 5) is 0. The van der Waals surface area contributed by atoms with Crippen molar-refractivity contribution in [1.29, 1.82) is 0 Å². The maximum absolute atomic E-state index is 12.6. The van der Waals surface area contributed by atoms with Gasteiger partial charge < -0.3 is 19.5 Å². The van der Waals surface area contributed by atoms with Gasteiger partial charge in [-0.3, -0.25) is 0 Å². The van der Waals surface area contributed by atoms with E-state index < -0.39 is 13.4 Å². The van der Waals surface area contributed by atoms with Crippen molar-refractivity contribution in [1.82, 2.24) is 0 Å². The first-order valence-corrected chi connectivity index (χ1v) is 4.22. The standard InChI is InChI=1S/C7H4BClF2O4/c9-4-2-6-5(1-3(4)8(12)13)14-7(10,11)15-6/h1-2,12-13H. The summed E-state index contributed by atoms with van der Waals surface area (Å²) in [6, 6.07) is 2.02. The summed E-state index contributed by atoms with van der Waals surface area (Å²) in [6.45, 7) is 0. The van der Waals surface area contributed by atoms with Crippen molar-refractivity contribution in [3.05, 3.63) is 17.2 Å². The number of benzene rings is 1. The van der Waals surface area contributed by atoms with Gasteiger partial charge in [0.1, 0.15) is 0 Å². The second kappa shape index (κ2) is 3.23. The molecule has 0 bridgehead atoms. The van der Waals surface area contributed by atoms with E-state index in [1.807, 2.05) is 0 Å². The molecule has 0 saturated heterocycles. The van der Waals surface area contributed by atoms with E-state index in [0.717, 1.165) is 12.1 Å². The van der Waals surface area contributed by atoms with Gasteiger partial charge in [-0.15, -0.1) is 8.78 Å². The molecule has 0 aromatic heterocycles. The Morgan fingerprint density at radius 1 is 1.20 bits per heavy atom. The number of alkyl halides is 2. The molecule has 1 aliphatic rings. The number of hydrogen-bond acceptors (Lipinski definition) is 4. The minimum Gasteiger partial charge on any atom is -0.423 e. The minimum absolute atomic E-state index is 0.0925. The minimum atomic E-state index is -3.75. The van der Waals surface area contributed by atoms with Gasteiger partial charge in [0.05, 0.1) is 0 Å². The van der Waals surface area contributed by atoms with Crippen molar-refractivity contribution < 1.29 is 28.3 Å². The van der Waals surface area contributed by atoms with E-state index in [4.69, 9.17) is 21.6 Å². The summed E-state index contributed by atoms with van der Waals surface area (Å²) in [5.41, 5.74) is -0.128. The SMILES string of the molecule is OB(O)c1cc2c(cc1Cl)OC(F)(F)O2. The van der Waals surface area contributed by atoms with Crippen LogP contribution in [0.25, 0.3) is 0 Å². The van der Waals surface area contributed by atoms with Gasteiger partial charge in [0.25, 0.3) is 0 Å². The van der Waals surface area contributed by atoms with Crippen LogP contribution in [0.3, 0.4) is 0 Å². The zero-order chi connectivity index (χ0) is 11.2. The molecule has 0 aliphatic carbocycles. The Labute approximate surface area is 88.1 Å². The summed E-state index contributed by atoms with van der Waals surface area (Å²) in [6.07, 6.45) is -3.75. The first-order chi connectivity index (χ1) is 6.89. The average Bonchev–Trinajstić information content (AvgIpc) is 2.36. The number of halogens is 3. The molecule has 1 aliphatic heterocycles. The first-order valence-electron chi connectivity index (χ1n) is 3.84. The van der Waals surface area contributed by atoms with E-state index in [1.54, 1.807) is 0 Å². The second-order valence-electron chi connectivity index (χ2n) is 2.86. The van der Waals surface area contributed by atoms with Crippen molar-refractivity contribution in [3.63, 3.8) is 0 Å². The summed E-state index contributed by atoms with van der Waals surface area (Å²) >= 11 is 5.60. The quantitative estimate of drug-likeness (QED) is 0.691. The highest BCUT2D eigenvalue weighted by atomic mass is 35.5. The molecule has 2 rings (SSSR count). The zero-order valence-corrected chi connectivity index (χ0v) is 7.83. The van der Waals surface area contributed by atoms with E-state index in [9.17, 15) is 8.78 Å². The fraction of sp³-hybridized carbons (Fsp3) is 0.143. The molecular formula is C7H4BClF2O4. The maximum Gasteiger partial charge on any atom is 0.586 e. The normalized spacial score (nSPS) is 16.6. The van der Waals surface area contributed by atoms with Gasteiger partial charge in [-0.1, -0.05) is 11.6 Å². The maximum atomic E-state index is 12.6. The predicted octanol–water partition coefficient (Wildman–Crippen LogP) is 0.341. The average molecular weight is 236 g/mol. The first kappa shape index (κ1) is 10.5. The van der Waals surface area contributed by atoms with Crippen molar-refractivity contribution in [2.75, 3.05) is 0 Å². The van der Waals surface area contributed by atoms with Crippen LogP contribution in [0.15, 0.2) is 12.1 Å². The monoisotopic (exact) mass is 236 g/mol. The Kier molecular flexibility index (Phi) is 2.25. The van der Waals surface area contributed by atoms with Crippen molar-refractivity contribution in [2.45, 2.75) is 6.29 Å². The highest BCUT2D eigenvalue weighted by molar-refractivity contribution is 6.62. The zero-order valence-electron chi connectivity index (χ0n) is 7.08. The fourth-order valence-corrected chi connectivity index (χ4v) is 1.44. The van der Waals surface area contributed by atoms with Crippen LogP contribution in [0.4, 0.5) is 8.78 Å². The molecule has 15 heavy (non-hydrogen) atoms. The molecular weight excluding hydrogens is 232 g/mol. The molecule has 0 unspecified atom stereocenters. The summed E-state index contributed by atoms with van der Waals surface area (Å²) < 4.78 is 33.4. The van der Waals surface area contributed by atoms with Crippen LogP contribution in [0, 0.1) is 0 Å². The summed E-state index contributed by atoms with van der Waals surface area (Å²) in [7, 11) is -1.86. The van der Waals surface area contributed by atoms with E-state index in [1.165, 1.54) is 0 Å². The molecule has 1 heterocycles. The highest BCUT2D eigenvalue weighted by Gasteiger charge is 2.44. The molecule has 0 amide bonds. The molecule has 8 heteroatoms. The Balaban J connectivity index is 2.45. The van der Waals surface area contributed by atoms with E-state index in [0.29, 0.717) is 0 Å². The Bertz CT molecular complexity index is 412. The van der Waals surface area contributed by atoms with Crippen molar-refractivity contribution >= 4 is 24.2 Å². The fourth-order valence-electron chi connectivity index (χ4n) is 1.19. The third-order valence-electron chi connectivity index (χ3n) is 1.80. The van der Waals surface area contributed by atoms with E-state index in [-0.39, 0.29) is 22.0 Å². The van der Waals surface area contributed by atoms with Crippen LogP contribution in [0.2, 0.25) is 5.02 Å². The Morgan fingerprint density at radius 3 is 2.27 bits per heavy atom. The van der Waals surface area contributed by atoms with Gasteiger partial charge in [-0.2, -0.15) is 0 Å². The van der Waals surface area contributed by atoms with Crippen molar-refractivity contribution in [2.24, 2.45) is 0 Å².